The first-order chi connectivity index (χ1) is 25.7. The molecule has 5 N–H and O–H groups in total. The molecule has 0 aliphatic heterocycles. The van der Waals surface area contributed by atoms with E-state index in [1.807, 2.05) is 38.1 Å². The third kappa shape index (κ3) is 11.1. The molecule has 0 aliphatic carbocycles. The minimum absolute atomic E-state index is 0.126. The molecule has 0 bridgehead atoms. The number of anilines is 1. The number of hydrogen-bond acceptors (Lipinski definition) is 15. The molecule has 5 heterocycles. The molecule has 6 aromatic rings. The van der Waals surface area contributed by atoms with Gasteiger partial charge in [0.15, 0.2) is 17.0 Å². The predicted molar refractivity (Wildman–Crippen MR) is 190 cm³/mol. The smallest absolute Gasteiger partial charge is 0.346 e. The van der Waals surface area contributed by atoms with Crippen LogP contribution in [0.2, 0.25) is 0 Å². The molecular formula is C34H34N10O10. The van der Waals surface area contributed by atoms with Crippen LogP contribution >= 0.6 is 0 Å². The Kier molecular flexibility index (Phi) is 14.3. The van der Waals surface area contributed by atoms with Gasteiger partial charge in [-0.2, -0.15) is 0 Å². The van der Waals surface area contributed by atoms with E-state index >= 15 is 0 Å². The number of methoxy groups -OCH3 is 1. The Labute approximate surface area is 306 Å². The van der Waals surface area contributed by atoms with Crippen LogP contribution in [0.3, 0.4) is 0 Å². The molecule has 0 atom stereocenters. The molecule has 20 heteroatoms. The number of carbonyl (C=O) groups is 2. The molecular weight excluding hydrogens is 708 g/mol. The van der Waals surface area contributed by atoms with Gasteiger partial charge in [-0.05, 0) is 75.1 Å². The zero-order valence-corrected chi connectivity index (χ0v) is 29.2. The van der Waals surface area contributed by atoms with E-state index in [0.717, 1.165) is 34.8 Å². The maximum absolute atomic E-state index is 11.2. The number of carboxylic acid groups (broad SMARTS) is 1. The number of nitrogen functional groups attached to an aromatic ring is 2. The summed E-state index contributed by atoms with van der Waals surface area (Å²) in [5.41, 5.74) is 7.70. The van der Waals surface area contributed by atoms with Crippen molar-refractivity contribution in [3.63, 3.8) is 0 Å². The number of non-ortho nitro benzene ring substituents is 1. The Morgan fingerprint density at radius 1 is 0.944 bits per heavy atom. The van der Waals surface area contributed by atoms with Crippen LogP contribution in [0.15, 0.2) is 91.5 Å². The van der Waals surface area contributed by atoms with Crippen LogP contribution in [0, 0.1) is 34.1 Å². The van der Waals surface area contributed by atoms with Crippen LogP contribution in [0.25, 0.3) is 17.0 Å². The zero-order chi connectivity index (χ0) is 39.9. The van der Waals surface area contributed by atoms with Crippen LogP contribution in [-0.4, -0.2) is 65.2 Å². The fraction of sp³-hybridized carbons (Fsp3) is 0.147. The molecule has 0 unspecified atom stereocenters. The first-order valence-corrected chi connectivity index (χ1v) is 15.5. The van der Waals surface area contributed by atoms with Crippen LogP contribution in [0.4, 0.5) is 17.2 Å². The van der Waals surface area contributed by atoms with Gasteiger partial charge in [0, 0.05) is 35.4 Å². The monoisotopic (exact) mass is 742 g/mol. The summed E-state index contributed by atoms with van der Waals surface area (Å²) < 4.78 is 12.3. The Morgan fingerprint density at radius 3 is 2.17 bits per heavy atom. The van der Waals surface area contributed by atoms with E-state index < -0.39 is 38.9 Å². The molecule has 6 rings (SSSR count). The lowest BCUT2D eigenvalue weighted by Gasteiger charge is -2.03. The molecule has 0 saturated carbocycles. The number of aromatic nitrogens is 6. The highest BCUT2D eigenvalue weighted by Gasteiger charge is 2.17. The fourth-order valence-electron chi connectivity index (χ4n) is 4.05. The first-order valence-electron chi connectivity index (χ1n) is 15.5. The second-order valence-electron chi connectivity index (χ2n) is 10.6. The number of benzene rings is 1. The van der Waals surface area contributed by atoms with E-state index in [-0.39, 0.29) is 16.9 Å². The molecule has 0 spiro atoms. The highest BCUT2D eigenvalue weighted by molar-refractivity contribution is 5.94. The molecule has 0 saturated heterocycles. The Morgan fingerprint density at radius 2 is 1.61 bits per heavy atom. The summed E-state index contributed by atoms with van der Waals surface area (Å²) in [6.45, 7) is 5.88. The number of fused-ring (bicyclic) bond motifs is 1. The number of aryl methyl sites for hydroxylation is 2. The summed E-state index contributed by atoms with van der Waals surface area (Å²) in [6.07, 6.45) is 6.60. The molecule has 5 aromatic heterocycles. The molecule has 0 radical (unpaired) electrons. The lowest BCUT2D eigenvalue weighted by molar-refractivity contribution is -0.623. The van der Waals surface area contributed by atoms with E-state index in [0.29, 0.717) is 24.1 Å². The second kappa shape index (κ2) is 19.0. The molecule has 0 amide bonds. The van der Waals surface area contributed by atoms with Gasteiger partial charge in [-0.25, -0.2) is 19.1 Å². The molecule has 0 aliphatic rings. The molecule has 280 valence electrons. The average molecular weight is 743 g/mol. The van der Waals surface area contributed by atoms with Crippen LogP contribution in [0.5, 0.6) is 11.5 Å². The number of esters is 1. The normalized spacial score (nSPS) is 9.93. The Hall–Kier alpha value is -7.77. The van der Waals surface area contributed by atoms with Crippen LogP contribution < -0.4 is 26.1 Å². The van der Waals surface area contributed by atoms with Gasteiger partial charge in [0.25, 0.3) is 11.4 Å². The van der Waals surface area contributed by atoms with Gasteiger partial charge in [0.2, 0.25) is 0 Å². The van der Waals surface area contributed by atoms with Crippen molar-refractivity contribution in [2.75, 3.05) is 25.3 Å². The minimum Gasteiger partial charge on any atom is -0.868 e. The largest absolute Gasteiger partial charge is 0.868 e. The van der Waals surface area contributed by atoms with Gasteiger partial charge >= 0.3 is 17.8 Å². The van der Waals surface area contributed by atoms with Gasteiger partial charge in [-0.3, -0.25) is 41.8 Å². The fourth-order valence-corrected chi connectivity index (χ4v) is 4.05. The van der Waals surface area contributed by atoms with Crippen molar-refractivity contribution < 1.29 is 43.8 Å². The van der Waals surface area contributed by atoms with E-state index in [9.17, 15) is 34.9 Å². The first kappa shape index (κ1) is 40.7. The molecule has 0 fully saturated rings. The van der Waals surface area contributed by atoms with Crippen molar-refractivity contribution in [2.45, 2.75) is 20.8 Å². The minimum atomic E-state index is -1.02. The summed E-state index contributed by atoms with van der Waals surface area (Å²) in [6, 6.07) is 16.2. The highest BCUT2D eigenvalue weighted by atomic mass is 16.6. The molecule has 54 heavy (non-hydrogen) atoms. The number of nitro groups is 2. The van der Waals surface area contributed by atoms with Gasteiger partial charge in [-0.15, -0.1) is 9.77 Å². The van der Waals surface area contributed by atoms with Crippen molar-refractivity contribution >= 4 is 34.8 Å². The highest BCUT2D eigenvalue weighted by Crippen LogP contribution is 2.27. The lowest BCUT2D eigenvalue weighted by Crippen LogP contribution is -2.47. The average Bonchev–Trinajstić information content (AvgIpc) is 3.59. The number of carboxylic acids is 1. The summed E-state index contributed by atoms with van der Waals surface area (Å²) >= 11 is 0. The maximum Gasteiger partial charge on any atom is 0.346 e. The van der Waals surface area contributed by atoms with E-state index in [1.165, 1.54) is 15.3 Å². The zero-order valence-electron chi connectivity index (χ0n) is 29.2. The van der Waals surface area contributed by atoms with Crippen LogP contribution in [0.1, 0.15) is 39.0 Å². The third-order valence-corrected chi connectivity index (χ3v) is 6.79. The van der Waals surface area contributed by atoms with E-state index in [1.54, 1.807) is 57.0 Å². The van der Waals surface area contributed by atoms with Crippen molar-refractivity contribution in [3.8, 4) is 22.9 Å². The number of carbonyl (C=O) groups excluding carboxylic acids is 1. The standard InChI is InChI=1S/C13H10N4O2.C8H11N3O2.C7H9NO.C6H4N2O5/c1-8-4-5-9(7-14-8)11-15-12-10(13(18)19)3-2-6-17(12)16-11;1-2-13-8(12)6-4-3-5-11(10)7(6)9;1-6-3-4-7(9-2)5-8-6;9-6-2-1-4(7(10)11)3-5(6)8(12)13/h2-7H,1H3,(H,18,19);3-5,9H,2,10H2,1H3;3-5H,1-2H3;1-3,9H. The van der Waals surface area contributed by atoms with Gasteiger partial charge in [0.1, 0.15) is 17.5 Å². The third-order valence-electron chi connectivity index (χ3n) is 6.79. The number of nitro benzene ring substituents is 2. The quantitative estimate of drug-likeness (QED) is 0.0695. The van der Waals surface area contributed by atoms with Crippen molar-refractivity contribution in [3.05, 3.63) is 134 Å². The van der Waals surface area contributed by atoms with Gasteiger partial charge in [-0.1, -0.05) is 6.07 Å². The number of ether oxygens (including phenoxy) is 2. The topological polar surface area (TPSA) is 294 Å². The summed E-state index contributed by atoms with van der Waals surface area (Å²) in [5.74, 6) is 4.58. The summed E-state index contributed by atoms with van der Waals surface area (Å²) in [4.78, 5) is 53.4. The van der Waals surface area contributed by atoms with Gasteiger partial charge < -0.3 is 19.7 Å². The number of pyridine rings is 4. The summed E-state index contributed by atoms with van der Waals surface area (Å²) in [7, 11) is 1.63. The molecule has 1 aromatic carbocycles. The predicted octanol–water partition coefficient (Wildman–Crippen LogP) is 3.22. The van der Waals surface area contributed by atoms with E-state index in [2.05, 4.69) is 20.1 Å². The lowest BCUT2D eigenvalue weighted by atomic mass is 10.2. The van der Waals surface area contributed by atoms with Crippen molar-refractivity contribution in [1.82, 2.24) is 24.6 Å². The van der Waals surface area contributed by atoms with Crippen molar-refractivity contribution in [2.24, 2.45) is 0 Å². The molecule has 20 nitrogen and oxygen atoms in total. The van der Waals surface area contributed by atoms with E-state index in [4.69, 9.17) is 26.2 Å². The van der Waals surface area contributed by atoms with Crippen molar-refractivity contribution in [1.29, 1.82) is 0 Å². The SMILES string of the molecule is CCOC(=O)c1ccc[n+](N)c1N.COc1ccc(C)nc1.Cc1ccc(-c2nc3c(C(=O)O)cccn3n2)cn1.O=[N+]([O-])c1ccc([O-])c([N+](=O)[O-])c1. The Bertz CT molecular complexity index is 2250. The van der Waals surface area contributed by atoms with Gasteiger partial charge in [0.05, 0.1) is 35.8 Å². The number of aromatic carboxylic acids is 1. The number of rotatable bonds is 7. The van der Waals surface area contributed by atoms with Crippen LogP contribution in [-0.2, 0) is 4.74 Å². The number of hydrogen-bond donors (Lipinski definition) is 3. The second-order valence-corrected chi connectivity index (χ2v) is 10.6. The maximum atomic E-state index is 11.2. The number of nitrogens with zero attached hydrogens (tertiary/aromatic N) is 8. The summed E-state index contributed by atoms with van der Waals surface area (Å²) in [5, 5.41) is 44.5. The number of nitrogens with two attached hydrogens (primary N) is 2. The Balaban J connectivity index is 0.000000201.